The summed E-state index contributed by atoms with van der Waals surface area (Å²) in [5, 5.41) is 3.13. The number of rotatable bonds is 6. The van der Waals surface area contributed by atoms with Crippen LogP contribution in [0.25, 0.3) is 0 Å². The third kappa shape index (κ3) is 4.04. The van der Waals surface area contributed by atoms with Crippen molar-refractivity contribution in [1.29, 1.82) is 0 Å². The minimum Gasteiger partial charge on any atom is -0.376 e. The number of fused-ring (bicyclic) bond motifs is 1. The summed E-state index contributed by atoms with van der Waals surface area (Å²) in [5.41, 5.74) is 1.41. The van der Waals surface area contributed by atoms with E-state index in [9.17, 15) is 9.59 Å². The SMILES string of the molecule is CCc1ccc(C(=O)N2CC[C@]3(OC)CC[C@@H](NC(=O)CN(C)C)C[C@H]23)[nH]1. The highest BCUT2D eigenvalue weighted by Gasteiger charge is 2.52. The maximum absolute atomic E-state index is 13.1. The lowest BCUT2D eigenvalue weighted by Crippen LogP contribution is -2.56. The van der Waals surface area contributed by atoms with Crippen molar-refractivity contribution in [3.63, 3.8) is 0 Å². The molecule has 3 rings (SSSR count). The molecule has 0 radical (unpaired) electrons. The first-order valence-corrected chi connectivity index (χ1v) is 9.86. The number of hydrogen-bond donors (Lipinski definition) is 2. The molecule has 0 bridgehead atoms. The second-order valence-electron chi connectivity index (χ2n) is 8.06. The summed E-state index contributed by atoms with van der Waals surface area (Å²) in [5.74, 6) is 0.0571. The third-order valence-electron chi connectivity index (χ3n) is 6.03. The summed E-state index contributed by atoms with van der Waals surface area (Å²) in [6, 6.07) is 3.90. The van der Waals surface area contributed by atoms with Crippen LogP contribution in [0, 0.1) is 0 Å². The summed E-state index contributed by atoms with van der Waals surface area (Å²) >= 11 is 0. The molecule has 1 aliphatic heterocycles. The first-order valence-electron chi connectivity index (χ1n) is 9.86. The number of methoxy groups -OCH3 is 1. The van der Waals surface area contributed by atoms with Gasteiger partial charge in [-0.3, -0.25) is 9.59 Å². The molecule has 1 aromatic rings. The Hall–Kier alpha value is -1.86. The maximum atomic E-state index is 13.1. The molecule has 1 saturated heterocycles. The molecule has 27 heavy (non-hydrogen) atoms. The molecule has 1 saturated carbocycles. The van der Waals surface area contributed by atoms with Gasteiger partial charge in [0.1, 0.15) is 5.69 Å². The molecule has 2 heterocycles. The molecule has 0 unspecified atom stereocenters. The van der Waals surface area contributed by atoms with E-state index in [1.807, 2.05) is 36.0 Å². The van der Waals surface area contributed by atoms with Gasteiger partial charge in [-0.25, -0.2) is 0 Å². The van der Waals surface area contributed by atoms with E-state index in [1.165, 1.54) is 0 Å². The number of nitrogens with zero attached hydrogens (tertiary/aromatic N) is 2. The molecule has 7 heteroatoms. The molecule has 7 nitrogen and oxygen atoms in total. The van der Waals surface area contributed by atoms with Crippen LogP contribution in [-0.2, 0) is 16.0 Å². The number of aromatic nitrogens is 1. The Balaban J connectivity index is 1.73. The molecule has 1 aromatic heterocycles. The second-order valence-corrected chi connectivity index (χ2v) is 8.06. The van der Waals surface area contributed by atoms with E-state index in [-0.39, 0.29) is 29.5 Å². The molecule has 0 spiro atoms. The molecule has 3 atom stereocenters. The van der Waals surface area contributed by atoms with Crippen LogP contribution in [-0.4, -0.2) is 78.6 Å². The molecule has 1 aliphatic carbocycles. The van der Waals surface area contributed by atoms with Gasteiger partial charge in [-0.15, -0.1) is 0 Å². The topological polar surface area (TPSA) is 77.7 Å². The predicted molar refractivity (Wildman–Crippen MR) is 104 cm³/mol. The van der Waals surface area contributed by atoms with Crippen LogP contribution < -0.4 is 5.32 Å². The Morgan fingerprint density at radius 2 is 2.15 bits per heavy atom. The molecule has 0 aromatic carbocycles. The normalized spacial score (nSPS) is 27.7. The Kier molecular flexibility index (Phi) is 5.91. The number of amides is 2. The number of H-pyrrole nitrogens is 1. The number of ether oxygens (including phenoxy) is 1. The highest BCUT2D eigenvalue weighted by Crippen LogP contribution is 2.42. The van der Waals surface area contributed by atoms with Crippen molar-refractivity contribution in [3.8, 4) is 0 Å². The summed E-state index contributed by atoms with van der Waals surface area (Å²) in [7, 11) is 5.51. The van der Waals surface area contributed by atoms with E-state index in [0.717, 1.165) is 37.8 Å². The third-order valence-corrected chi connectivity index (χ3v) is 6.03. The lowest BCUT2D eigenvalue weighted by Gasteiger charge is -2.43. The van der Waals surface area contributed by atoms with E-state index < -0.39 is 0 Å². The summed E-state index contributed by atoms with van der Waals surface area (Å²) < 4.78 is 5.94. The van der Waals surface area contributed by atoms with Crippen molar-refractivity contribution < 1.29 is 14.3 Å². The molecule has 2 amide bonds. The largest absolute Gasteiger partial charge is 0.376 e. The zero-order chi connectivity index (χ0) is 19.6. The van der Waals surface area contributed by atoms with Crippen molar-refractivity contribution in [1.82, 2.24) is 20.1 Å². The van der Waals surface area contributed by atoms with Crippen molar-refractivity contribution in [2.45, 2.75) is 56.7 Å². The molecular formula is C20H32N4O3. The Labute approximate surface area is 161 Å². The van der Waals surface area contributed by atoms with Crippen molar-refractivity contribution in [3.05, 3.63) is 23.5 Å². The maximum Gasteiger partial charge on any atom is 0.270 e. The van der Waals surface area contributed by atoms with E-state index in [0.29, 0.717) is 18.8 Å². The van der Waals surface area contributed by atoms with Gasteiger partial charge in [-0.05, 0) is 58.3 Å². The van der Waals surface area contributed by atoms with E-state index in [2.05, 4.69) is 17.2 Å². The van der Waals surface area contributed by atoms with Crippen LogP contribution in [0.3, 0.4) is 0 Å². The van der Waals surface area contributed by atoms with Crippen LogP contribution in [0.2, 0.25) is 0 Å². The highest BCUT2D eigenvalue weighted by molar-refractivity contribution is 5.93. The van der Waals surface area contributed by atoms with Gasteiger partial charge in [0, 0.05) is 25.4 Å². The van der Waals surface area contributed by atoms with Crippen molar-refractivity contribution >= 4 is 11.8 Å². The van der Waals surface area contributed by atoms with Gasteiger partial charge in [0.15, 0.2) is 0 Å². The number of aromatic amines is 1. The number of carbonyl (C=O) groups excluding carboxylic acids is 2. The van der Waals surface area contributed by atoms with Crippen LogP contribution in [0.1, 0.15) is 48.8 Å². The van der Waals surface area contributed by atoms with Crippen molar-refractivity contribution in [2.75, 3.05) is 34.3 Å². The lowest BCUT2D eigenvalue weighted by atomic mass is 9.78. The fourth-order valence-corrected chi connectivity index (χ4v) is 4.56. The first kappa shape index (κ1) is 19.9. The molecule has 2 N–H and O–H groups in total. The van der Waals surface area contributed by atoms with Crippen LogP contribution in [0.5, 0.6) is 0 Å². The Morgan fingerprint density at radius 3 is 2.78 bits per heavy atom. The monoisotopic (exact) mass is 376 g/mol. The van der Waals surface area contributed by atoms with Gasteiger partial charge in [-0.1, -0.05) is 6.92 Å². The number of likely N-dealkylation sites (tertiary alicyclic amines) is 1. The summed E-state index contributed by atoms with van der Waals surface area (Å²) in [4.78, 5) is 32.3. The quantitative estimate of drug-likeness (QED) is 0.787. The standard InChI is InChI=1S/C20H32N4O3/c1-5-14-6-7-16(21-14)19(26)24-11-10-20(27-4)9-8-15(12-17(20)24)22-18(25)13-23(2)3/h6-7,15,17,21H,5,8-13H2,1-4H3,(H,22,25)/t15-,17+,20-/m1/s1. The number of aryl methyl sites for hydroxylation is 1. The minimum atomic E-state index is -0.293. The van der Waals surface area contributed by atoms with Gasteiger partial charge in [0.2, 0.25) is 5.91 Å². The zero-order valence-corrected chi connectivity index (χ0v) is 16.9. The summed E-state index contributed by atoms with van der Waals surface area (Å²) in [6.45, 7) is 3.13. The predicted octanol–water partition coefficient (Wildman–Crippen LogP) is 1.41. The van der Waals surface area contributed by atoms with Crippen LogP contribution in [0.15, 0.2) is 12.1 Å². The van der Waals surface area contributed by atoms with Gasteiger partial charge in [0.05, 0.1) is 18.2 Å². The first-order chi connectivity index (χ1) is 12.9. The fraction of sp³-hybridized carbons (Fsp3) is 0.700. The Morgan fingerprint density at radius 1 is 1.37 bits per heavy atom. The highest BCUT2D eigenvalue weighted by atomic mass is 16.5. The average molecular weight is 377 g/mol. The number of likely N-dealkylation sites (N-methyl/N-ethyl adjacent to an activating group) is 1. The lowest BCUT2D eigenvalue weighted by molar-refractivity contribution is -0.123. The number of nitrogens with one attached hydrogen (secondary N) is 2. The van der Waals surface area contributed by atoms with Gasteiger partial charge in [0.25, 0.3) is 5.91 Å². The van der Waals surface area contributed by atoms with Crippen LogP contribution in [0.4, 0.5) is 0 Å². The van der Waals surface area contributed by atoms with E-state index in [4.69, 9.17) is 4.74 Å². The summed E-state index contributed by atoms with van der Waals surface area (Å²) in [6.07, 6.45) is 4.20. The van der Waals surface area contributed by atoms with Gasteiger partial charge >= 0.3 is 0 Å². The van der Waals surface area contributed by atoms with E-state index in [1.54, 1.807) is 7.11 Å². The zero-order valence-electron chi connectivity index (χ0n) is 16.9. The van der Waals surface area contributed by atoms with Crippen molar-refractivity contribution in [2.24, 2.45) is 0 Å². The fourth-order valence-electron chi connectivity index (χ4n) is 4.56. The Bertz CT molecular complexity index is 687. The molecule has 2 fully saturated rings. The van der Waals surface area contributed by atoms with Gasteiger partial charge in [-0.2, -0.15) is 0 Å². The molecule has 2 aliphatic rings. The van der Waals surface area contributed by atoms with E-state index >= 15 is 0 Å². The number of carbonyl (C=O) groups is 2. The number of hydrogen-bond acceptors (Lipinski definition) is 4. The minimum absolute atomic E-state index is 0.0122. The smallest absolute Gasteiger partial charge is 0.270 e. The van der Waals surface area contributed by atoms with Gasteiger partial charge < -0.3 is 24.8 Å². The van der Waals surface area contributed by atoms with Crippen LogP contribution >= 0.6 is 0 Å². The second kappa shape index (κ2) is 8.02. The molecule has 150 valence electrons. The average Bonchev–Trinajstić information content (AvgIpc) is 3.25. The molecular weight excluding hydrogens is 344 g/mol.